The van der Waals surface area contributed by atoms with E-state index in [4.69, 9.17) is 17.3 Å². The molecule has 1 aromatic carbocycles. The molecule has 15 heavy (non-hydrogen) atoms. The van der Waals surface area contributed by atoms with Gasteiger partial charge < -0.3 is 5.73 Å². The van der Waals surface area contributed by atoms with Crippen LogP contribution in [-0.2, 0) is 6.54 Å². The molecule has 1 aromatic rings. The molecule has 0 aliphatic rings. The lowest BCUT2D eigenvalue weighted by molar-refractivity contribution is 0.244. The van der Waals surface area contributed by atoms with E-state index in [0.717, 1.165) is 29.2 Å². The van der Waals surface area contributed by atoms with E-state index in [-0.39, 0.29) is 0 Å². The molecule has 0 aliphatic heterocycles. The summed E-state index contributed by atoms with van der Waals surface area (Å²) in [6.45, 7) is 5.19. The van der Waals surface area contributed by atoms with E-state index in [0.29, 0.717) is 6.04 Å². The first kappa shape index (κ1) is 12.3. The lowest BCUT2D eigenvalue weighted by Crippen LogP contribution is -2.28. The Morgan fingerprint density at radius 1 is 1.47 bits per heavy atom. The predicted octanol–water partition coefficient (Wildman–Crippen LogP) is 3.15. The van der Waals surface area contributed by atoms with Crippen molar-refractivity contribution in [1.29, 1.82) is 0 Å². The van der Waals surface area contributed by atoms with Crippen LogP contribution in [0, 0.1) is 0 Å². The van der Waals surface area contributed by atoms with Gasteiger partial charge in [-0.25, -0.2) is 0 Å². The molecule has 2 N–H and O–H groups in total. The second kappa shape index (κ2) is 5.38. The van der Waals surface area contributed by atoms with Crippen molar-refractivity contribution in [2.45, 2.75) is 32.9 Å². The molecule has 0 heterocycles. The summed E-state index contributed by atoms with van der Waals surface area (Å²) in [7, 11) is 2.09. The average molecular weight is 227 g/mol. The third-order valence-corrected chi connectivity index (χ3v) is 3.26. The third kappa shape index (κ3) is 3.11. The summed E-state index contributed by atoms with van der Waals surface area (Å²) in [5.41, 5.74) is 7.71. The molecule has 2 nitrogen and oxygen atoms in total. The van der Waals surface area contributed by atoms with E-state index < -0.39 is 0 Å². The maximum absolute atomic E-state index is 6.11. The fourth-order valence-electron chi connectivity index (χ4n) is 1.46. The summed E-state index contributed by atoms with van der Waals surface area (Å²) < 4.78 is 0. The van der Waals surface area contributed by atoms with Crippen LogP contribution in [0.3, 0.4) is 0 Å². The minimum absolute atomic E-state index is 0.542. The predicted molar refractivity (Wildman–Crippen MR) is 67.1 cm³/mol. The van der Waals surface area contributed by atoms with Crippen LogP contribution < -0.4 is 5.73 Å². The van der Waals surface area contributed by atoms with Gasteiger partial charge in [0.15, 0.2) is 0 Å². The van der Waals surface area contributed by atoms with Crippen LogP contribution in [0.1, 0.15) is 25.8 Å². The number of halogens is 1. The van der Waals surface area contributed by atoms with E-state index in [2.05, 4.69) is 25.8 Å². The van der Waals surface area contributed by atoms with Crippen LogP contribution >= 0.6 is 11.6 Å². The van der Waals surface area contributed by atoms with Crippen LogP contribution in [0.25, 0.3) is 0 Å². The van der Waals surface area contributed by atoms with Crippen molar-refractivity contribution in [1.82, 2.24) is 4.90 Å². The van der Waals surface area contributed by atoms with Gasteiger partial charge in [0, 0.05) is 28.9 Å². The Hall–Kier alpha value is -0.730. The maximum Gasteiger partial charge on any atom is 0.0471 e. The molecule has 0 amide bonds. The topological polar surface area (TPSA) is 29.3 Å². The minimum atomic E-state index is 0.542. The number of nitrogens with two attached hydrogens (primary N) is 1. The largest absolute Gasteiger partial charge is 0.398 e. The third-order valence-electron chi connectivity index (χ3n) is 2.91. The molecule has 0 radical (unpaired) electrons. The monoisotopic (exact) mass is 226 g/mol. The van der Waals surface area contributed by atoms with Gasteiger partial charge in [-0.2, -0.15) is 0 Å². The van der Waals surface area contributed by atoms with Gasteiger partial charge in [0.25, 0.3) is 0 Å². The zero-order chi connectivity index (χ0) is 11.4. The highest BCUT2D eigenvalue weighted by Gasteiger charge is 2.11. The lowest BCUT2D eigenvalue weighted by atomic mass is 10.1. The quantitative estimate of drug-likeness (QED) is 0.800. The van der Waals surface area contributed by atoms with Gasteiger partial charge in [0.1, 0.15) is 0 Å². The zero-order valence-corrected chi connectivity index (χ0v) is 10.4. The maximum atomic E-state index is 6.11. The van der Waals surface area contributed by atoms with Gasteiger partial charge in [-0.1, -0.05) is 24.6 Å². The van der Waals surface area contributed by atoms with Crippen LogP contribution in [0.15, 0.2) is 18.2 Å². The summed E-state index contributed by atoms with van der Waals surface area (Å²) in [6, 6.07) is 6.20. The second-order valence-corrected chi connectivity index (χ2v) is 4.39. The Morgan fingerprint density at radius 3 is 2.67 bits per heavy atom. The van der Waals surface area contributed by atoms with Crippen LogP contribution in [0.5, 0.6) is 0 Å². The van der Waals surface area contributed by atoms with E-state index in [9.17, 15) is 0 Å². The number of benzene rings is 1. The van der Waals surface area contributed by atoms with Crippen LogP contribution in [0.2, 0.25) is 5.02 Å². The normalized spacial score (nSPS) is 13.1. The molecular weight excluding hydrogens is 208 g/mol. The first-order chi connectivity index (χ1) is 7.06. The van der Waals surface area contributed by atoms with Gasteiger partial charge in [0.05, 0.1) is 0 Å². The van der Waals surface area contributed by atoms with Gasteiger partial charge in [-0.15, -0.1) is 0 Å². The number of rotatable bonds is 4. The van der Waals surface area contributed by atoms with Crippen LogP contribution in [0.4, 0.5) is 5.69 Å². The summed E-state index contributed by atoms with van der Waals surface area (Å²) in [6.07, 6.45) is 1.13. The molecule has 84 valence electrons. The molecule has 1 rings (SSSR count). The van der Waals surface area contributed by atoms with E-state index in [1.165, 1.54) is 0 Å². The van der Waals surface area contributed by atoms with Gasteiger partial charge in [0.2, 0.25) is 0 Å². The summed E-state index contributed by atoms with van der Waals surface area (Å²) in [4.78, 5) is 2.26. The van der Waals surface area contributed by atoms with E-state index >= 15 is 0 Å². The molecular formula is C12H19ClN2. The van der Waals surface area contributed by atoms with Gasteiger partial charge in [-0.3, -0.25) is 4.90 Å². The van der Waals surface area contributed by atoms with Crippen molar-refractivity contribution >= 4 is 17.3 Å². The smallest absolute Gasteiger partial charge is 0.0471 e. The molecule has 0 spiro atoms. The Balaban J connectivity index is 2.80. The summed E-state index contributed by atoms with van der Waals surface area (Å²) >= 11 is 6.11. The van der Waals surface area contributed by atoms with Crippen molar-refractivity contribution in [3.05, 3.63) is 28.8 Å². The molecule has 0 saturated carbocycles. The first-order valence-electron chi connectivity index (χ1n) is 5.29. The van der Waals surface area contributed by atoms with Crippen molar-refractivity contribution in [2.24, 2.45) is 0 Å². The Morgan fingerprint density at radius 2 is 2.13 bits per heavy atom. The van der Waals surface area contributed by atoms with Gasteiger partial charge in [-0.05, 0) is 32.5 Å². The molecule has 1 atom stereocenters. The molecule has 0 saturated heterocycles. The summed E-state index contributed by atoms with van der Waals surface area (Å²) in [5, 5.41) is 0.755. The first-order valence-corrected chi connectivity index (χ1v) is 5.67. The van der Waals surface area contributed by atoms with E-state index in [1.807, 2.05) is 18.2 Å². The van der Waals surface area contributed by atoms with Crippen molar-refractivity contribution < 1.29 is 0 Å². The molecule has 0 fully saturated rings. The number of hydrogen-bond acceptors (Lipinski definition) is 2. The molecule has 0 aliphatic carbocycles. The number of hydrogen-bond donors (Lipinski definition) is 1. The molecule has 1 unspecified atom stereocenters. The highest BCUT2D eigenvalue weighted by molar-refractivity contribution is 6.31. The average Bonchev–Trinajstić information content (AvgIpc) is 2.22. The Bertz CT molecular complexity index is 305. The molecule has 0 aromatic heterocycles. The fraction of sp³-hybridized carbons (Fsp3) is 0.500. The number of nitrogens with zero attached hydrogens (tertiary/aromatic N) is 1. The van der Waals surface area contributed by atoms with Crippen LogP contribution in [-0.4, -0.2) is 18.0 Å². The van der Waals surface area contributed by atoms with E-state index in [1.54, 1.807) is 0 Å². The highest BCUT2D eigenvalue weighted by Crippen LogP contribution is 2.23. The van der Waals surface area contributed by atoms with Gasteiger partial charge >= 0.3 is 0 Å². The number of anilines is 1. The van der Waals surface area contributed by atoms with Crippen molar-refractivity contribution in [3.8, 4) is 0 Å². The molecule has 0 bridgehead atoms. The van der Waals surface area contributed by atoms with Crippen molar-refractivity contribution in [3.63, 3.8) is 0 Å². The minimum Gasteiger partial charge on any atom is -0.398 e. The fourth-order valence-corrected chi connectivity index (χ4v) is 1.70. The zero-order valence-electron chi connectivity index (χ0n) is 9.63. The Labute approximate surface area is 97.0 Å². The second-order valence-electron chi connectivity index (χ2n) is 3.98. The number of nitrogen functional groups attached to an aromatic ring is 1. The Kier molecular flexibility index (Phi) is 4.43. The lowest BCUT2D eigenvalue weighted by Gasteiger charge is -2.24. The molecule has 3 heteroatoms. The van der Waals surface area contributed by atoms with Crippen molar-refractivity contribution in [2.75, 3.05) is 12.8 Å². The SMILES string of the molecule is CCC(C)N(C)Cc1c(N)cccc1Cl. The summed E-state index contributed by atoms with van der Waals surface area (Å²) in [5.74, 6) is 0. The highest BCUT2D eigenvalue weighted by atomic mass is 35.5. The standard InChI is InChI=1S/C12H19ClN2/c1-4-9(2)15(3)8-10-11(13)6-5-7-12(10)14/h5-7,9H,4,8,14H2,1-3H3.